The lowest BCUT2D eigenvalue weighted by molar-refractivity contribution is -0.384. The Labute approximate surface area is 125 Å². The molecule has 0 aliphatic rings. The molecule has 0 saturated carbocycles. The number of ether oxygens (including phenoxy) is 2. The van der Waals surface area contributed by atoms with Crippen LogP contribution in [0, 0.1) is 10.1 Å². The number of carbonyl (C=O) groups excluding carboxylic acids is 1. The van der Waals surface area contributed by atoms with Gasteiger partial charge in [-0.25, -0.2) is 4.79 Å². The van der Waals surface area contributed by atoms with Gasteiger partial charge in [-0.1, -0.05) is 23.7 Å². The van der Waals surface area contributed by atoms with Crippen molar-refractivity contribution in [2.45, 2.75) is 6.61 Å². The van der Waals surface area contributed by atoms with E-state index in [2.05, 4.69) is 0 Å². The molecule has 0 aromatic heterocycles. The van der Waals surface area contributed by atoms with E-state index in [-0.39, 0.29) is 18.0 Å². The highest BCUT2D eigenvalue weighted by atomic mass is 35.5. The lowest BCUT2D eigenvalue weighted by atomic mass is 10.2. The van der Waals surface area contributed by atoms with Gasteiger partial charge in [0.05, 0.1) is 4.92 Å². The predicted molar refractivity (Wildman–Crippen MR) is 75.4 cm³/mol. The van der Waals surface area contributed by atoms with Crippen molar-refractivity contribution in [1.29, 1.82) is 0 Å². The van der Waals surface area contributed by atoms with E-state index in [9.17, 15) is 14.9 Å². The fourth-order valence-electron chi connectivity index (χ4n) is 1.48. The third-order valence-electron chi connectivity index (χ3n) is 2.52. The van der Waals surface area contributed by atoms with Crippen LogP contribution in [0.15, 0.2) is 48.5 Å². The minimum absolute atomic E-state index is 0.0446. The summed E-state index contributed by atoms with van der Waals surface area (Å²) in [6, 6.07) is 11.9. The van der Waals surface area contributed by atoms with E-state index in [0.29, 0.717) is 5.02 Å². The molecule has 0 fully saturated rings. The molecule has 0 spiro atoms. The van der Waals surface area contributed by atoms with Crippen LogP contribution in [0.1, 0.15) is 5.56 Å². The molecule has 2 rings (SSSR count). The summed E-state index contributed by atoms with van der Waals surface area (Å²) in [5.74, 6) is 0.168. The summed E-state index contributed by atoms with van der Waals surface area (Å²) >= 11 is 5.74. The molecule has 0 atom stereocenters. The molecule has 0 heterocycles. The van der Waals surface area contributed by atoms with E-state index in [1.807, 2.05) is 0 Å². The van der Waals surface area contributed by atoms with E-state index in [1.54, 1.807) is 24.3 Å². The molecule has 0 aliphatic carbocycles. The summed E-state index contributed by atoms with van der Waals surface area (Å²) in [4.78, 5) is 21.4. The van der Waals surface area contributed by atoms with Crippen LogP contribution in [0.2, 0.25) is 5.02 Å². The van der Waals surface area contributed by atoms with Crippen LogP contribution >= 0.6 is 11.6 Å². The summed E-state index contributed by atoms with van der Waals surface area (Å²) in [6.07, 6.45) is -0.890. The van der Waals surface area contributed by atoms with Crippen LogP contribution in [-0.2, 0) is 11.3 Å². The van der Waals surface area contributed by atoms with Gasteiger partial charge in [0, 0.05) is 17.2 Å². The normalized spacial score (nSPS) is 9.95. The summed E-state index contributed by atoms with van der Waals surface area (Å²) in [5.41, 5.74) is 0.678. The molecule has 2 aromatic carbocycles. The topological polar surface area (TPSA) is 78.7 Å². The van der Waals surface area contributed by atoms with Gasteiger partial charge in [0.15, 0.2) is 0 Å². The van der Waals surface area contributed by atoms with Crippen molar-refractivity contribution in [2.24, 2.45) is 0 Å². The van der Waals surface area contributed by atoms with Gasteiger partial charge < -0.3 is 9.47 Å². The van der Waals surface area contributed by atoms with Crippen LogP contribution < -0.4 is 4.74 Å². The van der Waals surface area contributed by atoms with E-state index < -0.39 is 11.1 Å². The number of non-ortho nitro benzene ring substituents is 1. The number of hydrogen-bond donors (Lipinski definition) is 0. The Morgan fingerprint density at radius 2 is 1.71 bits per heavy atom. The smallest absolute Gasteiger partial charge is 0.429 e. The second-order valence-corrected chi connectivity index (χ2v) is 4.45. The lowest BCUT2D eigenvalue weighted by Crippen LogP contribution is -2.10. The number of halogens is 1. The monoisotopic (exact) mass is 307 g/mol. The average Bonchev–Trinajstić information content (AvgIpc) is 2.47. The Bertz CT molecular complexity index is 639. The lowest BCUT2D eigenvalue weighted by Gasteiger charge is -2.06. The van der Waals surface area contributed by atoms with Gasteiger partial charge in [0.2, 0.25) is 0 Å². The van der Waals surface area contributed by atoms with E-state index in [1.165, 1.54) is 24.3 Å². The maximum absolute atomic E-state index is 11.5. The molecule has 0 aliphatic heterocycles. The first-order valence-corrected chi connectivity index (χ1v) is 6.26. The van der Waals surface area contributed by atoms with Crippen molar-refractivity contribution in [2.75, 3.05) is 0 Å². The summed E-state index contributed by atoms with van der Waals surface area (Å²) in [7, 11) is 0. The SMILES string of the molecule is O=C(OCc1ccc(Cl)cc1)Oc1ccc([N+](=O)[O-])cc1. The van der Waals surface area contributed by atoms with Gasteiger partial charge in [-0.15, -0.1) is 0 Å². The average molecular weight is 308 g/mol. The maximum atomic E-state index is 11.5. The fourth-order valence-corrected chi connectivity index (χ4v) is 1.61. The van der Waals surface area contributed by atoms with Crippen molar-refractivity contribution in [1.82, 2.24) is 0 Å². The summed E-state index contributed by atoms with van der Waals surface area (Å²) in [6.45, 7) is 0.0446. The molecule has 21 heavy (non-hydrogen) atoms. The number of nitro groups is 1. The predicted octanol–water partition coefficient (Wildman–Crippen LogP) is 3.96. The maximum Gasteiger partial charge on any atom is 0.514 e. The first-order chi connectivity index (χ1) is 10.0. The van der Waals surface area contributed by atoms with Crippen LogP contribution in [0.4, 0.5) is 10.5 Å². The van der Waals surface area contributed by atoms with E-state index in [4.69, 9.17) is 21.1 Å². The van der Waals surface area contributed by atoms with Crippen molar-refractivity contribution < 1.29 is 19.2 Å². The quantitative estimate of drug-likeness (QED) is 0.369. The molecule has 0 unspecified atom stereocenters. The molecule has 0 radical (unpaired) electrons. The molecule has 0 N–H and O–H groups in total. The fraction of sp³-hybridized carbons (Fsp3) is 0.0714. The van der Waals surface area contributed by atoms with Crippen LogP contribution in [-0.4, -0.2) is 11.1 Å². The van der Waals surface area contributed by atoms with Gasteiger partial charge >= 0.3 is 6.16 Å². The zero-order valence-corrected chi connectivity index (χ0v) is 11.4. The first kappa shape index (κ1) is 14.8. The van der Waals surface area contributed by atoms with E-state index in [0.717, 1.165) is 5.56 Å². The van der Waals surface area contributed by atoms with Crippen molar-refractivity contribution in [3.05, 3.63) is 69.2 Å². The molecule has 0 amide bonds. The Kier molecular flexibility index (Phi) is 4.73. The largest absolute Gasteiger partial charge is 0.514 e. The zero-order valence-electron chi connectivity index (χ0n) is 10.7. The van der Waals surface area contributed by atoms with Crippen molar-refractivity contribution in [3.63, 3.8) is 0 Å². The van der Waals surface area contributed by atoms with Gasteiger partial charge in [-0.2, -0.15) is 0 Å². The standard InChI is InChI=1S/C14H10ClNO5/c15-11-3-1-10(2-4-11)9-20-14(17)21-13-7-5-12(6-8-13)16(18)19/h1-8H,9H2. The van der Waals surface area contributed by atoms with Gasteiger partial charge in [-0.3, -0.25) is 10.1 Å². The number of carbonyl (C=O) groups is 1. The number of nitro benzene ring substituents is 1. The van der Waals surface area contributed by atoms with Crippen molar-refractivity contribution in [3.8, 4) is 5.75 Å². The number of hydrogen-bond acceptors (Lipinski definition) is 5. The van der Waals surface area contributed by atoms with Crippen molar-refractivity contribution >= 4 is 23.4 Å². The minimum atomic E-state index is -0.890. The third-order valence-corrected chi connectivity index (χ3v) is 2.77. The molecule has 2 aromatic rings. The summed E-state index contributed by atoms with van der Waals surface area (Å²) in [5, 5.41) is 11.1. The zero-order chi connectivity index (χ0) is 15.2. The van der Waals surface area contributed by atoms with Crippen LogP contribution in [0.25, 0.3) is 0 Å². The molecule has 6 nitrogen and oxygen atoms in total. The third kappa shape index (κ3) is 4.47. The highest BCUT2D eigenvalue weighted by Gasteiger charge is 2.09. The Hall–Kier alpha value is -2.60. The Morgan fingerprint density at radius 3 is 2.29 bits per heavy atom. The Balaban J connectivity index is 1.86. The van der Waals surface area contributed by atoms with Crippen LogP contribution in [0.3, 0.4) is 0 Å². The second-order valence-electron chi connectivity index (χ2n) is 4.02. The second kappa shape index (κ2) is 6.71. The van der Waals surface area contributed by atoms with Gasteiger partial charge in [0.1, 0.15) is 12.4 Å². The molecule has 7 heteroatoms. The highest BCUT2D eigenvalue weighted by molar-refractivity contribution is 6.30. The minimum Gasteiger partial charge on any atom is -0.429 e. The van der Waals surface area contributed by atoms with E-state index >= 15 is 0 Å². The molecule has 0 saturated heterocycles. The number of benzene rings is 2. The van der Waals surface area contributed by atoms with Crippen LogP contribution in [0.5, 0.6) is 5.75 Å². The Morgan fingerprint density at radius 1 is 1.10 bits per heavy atom. The molecule has 108 valence electrons. The summed E-state index contributed by atoms with van der Waals surface area (Å²) < 4.78 is 9.80. The molecule has 0 bridgehead atoms. The molecular formula is C14H10ClNO5. The number of nitrogens with zero attached hydrogens (tertiary/aromatic N) is 1. The number of rotatable bonds is 4. The highest BCUT2D eigenvalue weighted by Crippen LogP contribution is 2.18. The van der Waals surface area contributed by atoms with Gasteiger partial charge in [-0.05, 0) is 29.8 Å². The molecular weight excluding hydrogens is 298 g/mol. The van der Waals surface area contributed by atoms with Gasteiger partial charge in [0.25, 0.3) is 5.69 Å². The first-order valence-electron chi connectivity index (χ1n) is 5.88.